The van der Waals surface area contributed by atoms with Crippen LogP contribution in [0.3, 0.4) is 0 Å². The third-order valence-corrected chi connectivity index (χ3v) is 3.50. The predicted octanol–water partition coefficient (Wildman–Crippen LogP) is 0.861. The van der Waals surface area contributed by atoms with Crippen molar-refractivity contribution in [3.8, 4) is 5.75 Å². The van der Waals surface area contributed by atoms with Crippen LogP contribution in [-0.2, 0) is 9.59 Å². The lowest BCUT2D eigenvalue weighted by atomic mass is 10.1. The number of nitrogens with one attached hydrogen (secondary N) is 3. The number of imide groups is 1. The Hall–Kier alpha value is -2.57. The van der Waals surface area contributed by atoms with Gasteiger partial charge in [-0.3, -0.25) is 14.9 Å². The van der Waals surface area contributed by atoms with Crippen molar-refractivity contribution in [1.29, 1.82) is 0 Å². The molecule has 0 aromatic heterocycles. The fraction of sp³-hybridized carbons (Fsp3) is 0.400. The number of ether oxygens (including phenoxy) is 1. The third-order valence-electron chi connectivity index (χ3n) is 3.50. The number of urea groups is 1. The monoisotopic (exact) mass is 305 g/mol. The zero-order valence-corrected chi connectivity index (χ0v) is 12.5. The Morgan fingerprint density at radius 2 is 2.09 bits per heavy atom. The molecule has 1 saturated heterocycles. The predicted molar refractivity (Wildman–Crippen MR) is 79.2 cm³/mol. The Labute approximate surface area is 128 Å². The van der Waals surface area contributed by atoms with Gasteiger partial charge in [0.1, 0.15) is 11.8 Å². The van der Waals surface area contributed by atoms with E-state index in [0.29, 0.717) is 5.75 Å². The van der Waals surface area contributed by atoms with Gasteiger partial charge in [-0.1, -0.05) is 18.2 Å². The van der Waals surface area contributed by atoms with Gasteiger partial charge < -0.3 is 15.4 Å². The van der Waals surface area contributed by atoms with Crippen molar-refractivity contribution in [2.24, 2.45) is 0 Å². The molecule has 0 bridgehead atoms. The minimum absolute atomic E-state index is 0.151. The molecule has 1 aromatic rings. The van der Waals surface area contributed by atoms with Gasteiger partial charge >= 0.3 is 6.03 Å². The van der Waals surface area contributed by atoms with Crippen molar-refractivity contribution in [2.45, 2.75) is 31.8 Å². The van der Waals surface area contributed by atoms with Crippen LogP contribution in [0.25, 0.3) is 0 Å². The molecule has 0 saturated carbocycles. The van der Waals surface area contributed by atoms with Gasteiger partial charge in [-0.15, -0.1) is 0 Å². The molecule has 2 rings (SSSR count). The first-order valence-corrected chi connectivity index (χ1v) is 7.05. The van der Waals surface area contributed by atoms with Crippen molar-refractivity contribution >= 4 is 17.8 Å². The van der Waals surface area contributed by atoms with E-state index in [1.165, 1.54) is 0 Å². The number of para-hydroxylation sites is 1. The normalized spacial score (nSPS) is 18.4. The molecule has 0 aliphatic carbocycles. The summed E-state index contributed by atoms with van der Waals surface area (Å²) in [6, 6.07) is 6.08. The van der Waals surface area contributed by atoms with E-state index in [-0.39, 0.29) is 24.8 Å². The first-order chi connectivity index (χ1) is 10.5. The SMILES string of the molecule is COc1ccccc1[C@@H](C)NC(=O)CC[C@@H]1NC(=O)NC1=O. The van der Waals surface area contributed by atoms with Crippen LogP contribution < -0.4 is 20.7 Å². The van der Waals surface area contributed by atoms with Crippen molar-refractivity contribution in [1.82, 2.24) is 16.0 Å². The molecular formula is C15H19N3O4. The molecule has 0 radical (unpaired) electrons. The molecule has 1 fully saturated rings. The quantitative estimate of drug-likeness (QED) is 0.679. The minimum atomic E-state index is -0.639. The molecule has 3 N–H and O–H groups in total. The number of benzene rings is 1. The van der Waals surface area contributed by atoms with E-state index in [9.17, 15) is 14.4 Å². The standard InChI is InChI=1S/C15H19N3O4/c1-9(10-5-3-4-6-12(10)22-2)16-13(19)8-7-11-14(20)18-15(21)17-11/h3-6,9,11H,7-8H2,1-2H3,(H,16,19)(H2,17,18,20,21)/t9-,11+/m1/s1. The topological polar surface area (TPSA) is 96.5 Å². The van der Waals surface area contributed by atoms with Crippen LogP contribution in [0.4, 0.5) is 4.79 Å². The minimum Gasteiger partial charge on any atom is -0.496 e. The lowest BCUT2D eigenvalue weighted by Crippen LogP contribution is -2.32. The number of methoxy groups -OCH3 is 1. The van der Waals surface area contributed by atoms with Gasteiger partial charge in [0.05, 0.1) is 13.2 Å². The molecule has 1 aliphatic heterocycles. The van der Waals surface area contributed by atoms with Crippen molar-refractivity contribution < 1.29 is 19.1 Å². The summed E-state index contributed by atoms with van der Waals surface area (Å²) in [5.41, 5.74) is 0.880. The molecule has 0 unspecified atom stereocenters. The molecule has 118 valence electrons. The maximum Gasteiger partial charge on any atom is 0.322 e. The zero-order chi connectivity index (χ0) is 16.1. The summed E-state index contributed by atoms with van der Waals surface area (Å²) in [5, 5.41) is 7.46. The molecule has 7 nitrogen and oxygen atoms in total. The highest BCUT2D eigenvalue weighted by atomic mass is 16.5. The average molecular weight is 305 g/mol. The Bertz CT molecular complexity index is 588. The number of rotatable bonds is 6. The number of hydrogen-bond donors (Lipinski definition) is 3. The van der Waals surface area contributed by atoms with Gasteiger partial charge in [0.15, 0.2) is 0 Å². The van der Waals surface area contributed by atoms with Crippen molar-refractivity contribution in [2.75, 3.05) is 7.11 Å². The highest BCUT2D eigenvalue weighted by Gasteiger charge is 2.29. The first kappa shape index (κ1) is 15.8. The Kier molecular flexibility index (Phi) is 4.98. The van der Waals surface area contributed by atoms with E-state index in [4.69, 9.17) is 4.74 Å². The van der Waals surface area contributed by atoms with Gasteiger partial charge in [-0.2, -0.15) is 0 Å². The second-order valence-corrected chi connectivity index (χ2v) is 5.09. The molecule has 1 aromatic carbocycles. The average Bonchev–Trinajstić information content (AvgIpc) is 2.82. The van der Waals surface area contributed by atoms with Crippen LogP contribution in [-0.4, -0.2) is 31.0 Å². The summed E-state index contributed by atoms with van der Waals surface area (Å²) in [7, 11) is 1.58. The van der Waals surface area contributed by atoms with Crippen LogP contribution in [0.15, 0.2) is 24.3 Å². The van der Waals surface area contributed by atoms with Gasteiger partial charge in [-0.25, -0.2) is 4.79 Å². The molecule has 0 spiro atoms. The highest BCUT2D eigenvalue weighted by Crippen LogP contribution is 2.24. The summed E-state index contributed by atoms with van der Waals surface area (Å²) in [6.07, 6.45) is 0.417. The van der Waals surface area contributed by atoms with Gasteiger partial charge in [-0.05, 0) is 19.4 Å². The van der Waals surface area contributed by atoms with Crippen LogP contribution in [0, 0.1) is 0 Å². The van der Waals surface area contributed by atoms with E-state index in [1.807, 2.05) is 31.2 Å². The van der Waals surface area contributed by atoms with Gasteiger partial charge in [0, 0.05) is 12.0 Å². The van der Waals surface area contributed by atoms with Crippen LogP contribution in [0.1, 0.15) is 31.4 Å². The van der Waals surface area contributed by atoms with Crippen LogP contribution in [0.2, 0.25) is 0 Å². The Morgan fingerprint density at radius 3 is 2.73 bits per heavy atom. The number of carbonyl (C=O) groups is 3. The fourth-order valence-corrected chi connectivity index (χ4v) is 2.35. The summed E-state index contributed by atoms with van der Waals surface area (Å²) in [4.78, 5) is 34.3. The first-order valence-electron chi connectivity index (χ1n) is 7.05. The summed E-state index contributed by atoms with van der Waals surface area (Å²) < 4.78 is 5.26. The smallest absolute Gasteiger partial charge is 0.322 e. The molecule has 2 atom stereocenters. The van der Waals surface area contributed by atoms with Gasteiger partial charge in [0.25, 0.3) is 5.91 Å². The Balaban J connectivity index is 1.86. The molecular weight excluding hydrogens is 286 g/mol. The molecule has 7 heteroatoms. The van der Waals surface area contributed by atoms with E-state index in [0.717, 1.165) is 5.56 Å². The van der Waals surface area contributed by atoms with Crippen LogP contribution in [0.5, 0.6) is 5.75 Å². The molecule has 22 heavy (non-hydrogen) atoms. The lowest BCUT2D eigenvalue weighted by Gasteiger charge is -2.17. The Morgan fingerprint density at radius 1 is 1.36 bits per heavy atom. The maximum atomic E-state index is 12.0. The lowest BCUT2D eigenvalue weighted by molar-refractivity contribution is -0.122. The largest absolute Gasteiger partial charge is 0.496 e. The van der Waals surface area contributed by atoms with Crippen molar-refractivity contribution in [3.63, 3.8) is 0 Å². The van der Waals surface area contributed by atoms with E-state index in [2.05, 4.69) is 16.0 Å². The molecule has 1 aliphatic rings. The van der Waals surface area contributed by atoms with Gasteiger partial charge in [0.2, 0.25) is 5.91 Å². The number of amides is 4. The fourth-order valence-electron chi connectivity index (χ4n) is 2.35. The summed E-state index contributed by atoms with van der Waals surface area (Å²) in [6.45, 7) is 1.86. The second kappa shape index (κ2) is 6.93. The van der Waals surface area contributed by atoms with Crippen molar-refractivity contribution in [3.05, 3.63) is 29.8 Å². The van der Waals surface area contributed by atoms with E-state index in [1.54, 1.807) is 7.11 Å². The molecule has 4 amide bonds. The van der Waals surface area contributed by atoms with E-state index >= 15 is 0 Å². The zero-order valence-electron chi connectivity index (χ0n) is 12.5. The number of hydrogen-bond acceptors (Lipinski definition) is 4. The summed E-state index contributed by atoms with van der Waals surface area (Å²) >= 11 is 0. The molecule has 1 heterocycles. The van der Waals surface area contributed by atoms with Crippen LogP contribution >= 0.6 is 0 Å². The third kappa shape index (κ3) is 3.75. The van der Waals surface area contributed by atoms with E-state index < -0.39 is 18.0 Å². The maximum absolute atomic E-state index is 12.0. The summed E-state index contributed by atoms with van der Waals surface area (Å²) in [5.74, 6) is 0.126. The number of carbonyl (C=O) groups excluding carboxylic acids is 3. The second-order valence-electron chi connectivity index (χ2n) is 5.09. The highest BCUT2D eigenvalue weighted by molar-refractivity contribution is 6.04.